The van der Waals surface area contributed by atoms with Gasteiger partial charge in [0.05, 0.1) is 43.5 Å². The van der Waals surface area contributed by atoms with Crippen molar-refractivity contribution in [1.29, 1.82) is 0 Å². The van der Waals surface area contributed by atoms with Crippen molar-refractivity contribution in [2.45, 2.75) is 75.5 Å². The van der Waals surface area contributed by atoms with Crippen molar-refractivity contribution in [3.63, 3.8) is 0 Å². The fourth-order valence-electron chi connectivity index (χ4n) is 6.85. The highest BCUT2D eigenvalue weighted by Crippen LogP contribution is 2.37. The number of carbonyl (C=O) groups is 2. The number of primary amides is 2. The topological polar surface area (TPSA) is 149 Å². The largest absolute Gasteiger partial charge is 0.366 e. The normalized spacial score (nSPS) is 27.0. The van der Waals surface area contributed by atoms with Gasteiger partial charge in [0.25, 0.3) is 0 Å². The standard InChI is InChI=1S/C29H38N10O2/c30-28(40)20-9-13-22(14-10-20)32-34-38-18-36(24-5-1-3-7-26(24)38)17-37-19-39(27-8-4-2-6-25(27)37)35-33-23-15-11-21(12-16-23)29(31)41/h9-16,24-27H,1-8,17-19H2,(H2,30,40)(H2,31,41). The van der Waals surface area contributed by atoms with E-state index in [0.717, 1.165) is 45.7 Å². The van der Waals surface area contributed by atoms with Gasteiger partial charge in [-0.1, -0.05) is 36.1 Å². The maximum Gasteiger partial charge on any atom is 0.248 e. The zero-order valence-electron chi connectivity index (χ0n) is 23.3. The Kier molecular flexibility index (Phi) is 7.93. The molecule has 4 aliphatic rings. The van der Waals surface area contributed by atoms with Crippen molar-refractivity contribution in [2.24, 2.45) is 32.1 Å². The Balaban J connectivity index is 1.14. The fraction of sp³-hybridized carbons (Fsp3) is 0.517. The molecular weight excluding hydrogens is 520 g/mol. The fourth-order valence-corrected chi connectivity index (χ4v) is 6.85. The summed E-state index contributed by atoms with van der Waals surface area (Å²) in [6.07, 6.45) is 9.43. The molecule has 0 aromatic heterocycles. The van der Waals surface area contributed by atoms with Gasteiger partial charge in [-0.05, 0) is 74.2 Å². The lowest BCUT2D eigenvalue weighted by molar-refractivity contribution is 0.0801. The van der Waals surface area contributed by atoms with Crippen molar-refractivity contribution in [3.05, 3.63) is 59.7 Å². The molecule has 2 saturated heterocycles. The monoisotopic (exact) mass is 558 g/mol. The minimum atomic E-state index is -0.449. The molecule has 2 amide bonds. The molecule has 2 saturated carbocycles. The van der Waals surface area contributed by atoms with Crippen LogP contribution in [0, 0.1) is 0 Å². The van der Waals surface area contributed by atoms with Crippen LogP contribution in [0.2, 0.25) is 0 Å². The van der Waals surface area contributed by atoms with Crippen molar-refractivity contribution in [1.82, 2.24) is 19.8 Å². The molecule has 6 rings (SSSR count). The molecule has 2 aliphatic heterocycles. The summed E-state index contributed by atoms with van der Waals surface area (Å²) >= 11 is 0. The van der Waals surface area contributed by atoms with Crippen LogP contribution in [0.3, 0.4) is 0 Å². The average Bonchev–Trinajstić information content (AvgIpc) is 3.53. The zero-order valence-corrected chi connectivity index (χ0v) is 23.3. The molecular formula is C29H38N10O2. The van der Waals surface area contributed by atoms with Gasteiger partial charge < -0.3 is 11.5 Å². The molecule has 216 valence electrons. The Labute approximate surface area is 240 Å². The van der Waals surface area contributed by atoms with E-state index in [9.17, 15) is 9.59 Å². The van der Waals surface area contributed by atoms with Gasteiger partial charge in [0, 0.05) is 23.2 Å². The lowest BCUT2D eigenvalue weighted by Crippen LogP contribution is -2.47. The van der Waals surface area contributed by atoms with Crippen LogP contribution in [-0.2, 0) is 0 Å². The first-order valence-corrected chi connectivity index (χ1v) is 14.6. The minimum Gasteiger partial charge on any atom is -0.366 e. The van der Waals surface area contributed by atoms with Crippen LogP contribution >= 0.6 is 0 Å². The number of hydrogen-bond donors (Lipinski definition) is 2. The van der Waals surface area contributed by atoms with Crippen LogP contribution in [0.25, 0.3) is 0 Å². The molecule has 4 fully saturated rings. The van der Waals surface area contributed by atoms with Gasteiger partial charge in [-0.2, -0.15) is 0 Å². The molecule has 41 heavy (non-hydrogen) atoms. The van der Waals surface area contributed by atoms with Crippen molar-refractivity contribution in [3.8, 4) is 0 Å². The van der Waals surface area contributed by atoms with Crippen molar-refractivity contribution < 1.29 is 9.59 Å². The molecule has 12 heteroatoms. The third kappa shape index (κ3) is 5.94. The Hall–Kier alpha value is -3.90. The van der Waals surface area contributed by atoms with E-state index in [1.165, 1.54) is 25.7 Å². The highest BCUT2D eigenvalue weighted by molar-refractivity contribution is 5.93. The maximum atomic E-state index is 11.4. The summed E-state index contributed by atoms with van der Waals surface area (Å²) < 4.78 is 0. The number of nitrogens with two attached hydrogens (primary N) is 2. The minimum absolute atomic E-state index is 0.348. The van der Waals surface area contributed by atoms with E-state index < -0.39 is 11.8 Å². The van der Waals surface area contributed by atoms with Gasteiger partial charge in [-0.3, -0.25) is 29.4 Å². The molecule has 12 nitrogen and oxygen atoms in total. The second kappa shape index (κ2) is 11.9. The van der Waals surface area contributed by atoms with E-state index in [-0.39, 0.29) is 0 Å². The third-order valence-electron chi connectivity index (χ3n) is 8.96. The smallest absolute Gasteiger partial charge is 0.248 e. The zero-order chi connectivity index (χ0) is 28.3. The van der Waals surface area contributed by atoms with Crippen LogP contribution in [-0.4, -0.2) is 75.8 Å². The van der Waals surface area contributed by atoms with Gasteiger partial charge in [0.2, 0.25) is 11.8 Å². The van der Waals surface area contributed by atoms with Gasteiger partial charge in [-0.25, -0.2) is 0 Å². The summed E-state index contributed by atoms with van der Waals surface area (Å²) in [7, 11) is 0. The highest BCUT2D eigenvalue weighted by Gasteiger charge is 2.46. The molecule has 2 heterocycles. The van der Waals surface area contributed by atoms with Gasteiger partial charge in [0.15, 0.2) is 0 Å². The number of hydrogen-bond acceptors (Lipinski definition) is 8. The Morgan fingerprint density at radius 1 is 0.610 bits per heavy atom. The number of fused-ring (bicyclic) bond motifs is 2. The van der Waals surface area contributed by atoms with Crippen LogP contribution in [0.1, 0.15) is 72.1 Å². The molecule has 4 unspecified atom stereocenters. The predicted molar refractivity (Wildman–Crippen MR) is 153 cm³/mol. The summed E-state index contributed by atoms with van der Waals surface area (Å²) in [5, 5.41) is 22.6. The van der Waals surface area contributed by atoms with Gasteiger partial charge in [-0.15, -0.1) is 10.2 Å². The summed E-state index contributed by atoms with van der Waals surface area (Å²) in [4.78, 5) is 27.9. The average molecular weight is 559 g/mol. The lowest BCUT2D eigenvalue weighted by atomic mass is 9.90. The van der Waals surface area contributed by atoms with Crippen molar-refractivity contribution in [2.75, 3.05) is 20.0 Å². The quantitative estimate of drug-likeness (QED) is 0.461. The highest BCUT2D eigenvalue weighted by atomic mass is 16.1. The first-order chi connectivity index (χ1) is 20.0. The molecule has 4 atom stereocenters. The summed E-state index contributed by atoms with van der Waals surface area (Å²) in [6, 6.07) is 15.4. The summed E-state index contributed by atoms with van der Waals surface area (Å²) in [6.45, 7) is 2.33. The molecule has 0 radical (unpaired) electrons. The van der Waals surface area contributed by atoms with E-state index in [0.29, 0.717) is 46.7 Å². The molecule has 4 N–H and O–H groups in total. The molecule has 0 bridgehead atoms. The second-order valence-electron chi connectivity index (χ2n) is 11.5. The van der Waals surface area contributed by atoms with Crippen LogP contribution in [0.4, 0.5) is 11.4 Å². The Morgan fingerprint density at radius 2 is 0.976 bits per heavy atom. The van der Waals surface area contributed by atoms with E-state index in [2.05, 4.69) is 40.5 Å². The van der Waals surface area contributed by atoms with Crippen LogP contribution in [0.5, 0.6) is 0 Å². The Morgan fingerprint density at radius 3 is 1.34 bits per heavy atom. The molecule has 2 aromatic carbocycles. The number of nitrogens with zero attached hydrogens (tertiary/aromatic N) is 8. The molecule has 0 spiro atoms. The van der Waals surface area contributed by atoms with Crippen LogP contribution in [0.15, 0.2) is 69.2 Å². The summed E-state index contributed by atoms with van der Waals surface area (Å²) in [5.41, 5.74) is 13.1. The summed E-state index contributed by atoms with van der Waals surface area (Å²) in [5.74, 6) is -0.899. The predicted octanol–water partition coefficient (Wildman–Crippen LogP) is 4.31. The van der Waals surface area contributed by atoms with Gasteiger partial charge >= 0.3 is 0 Å². The van der Waals surface area contributed by atoms with Crippen LogP contribution < -0.4 is 11.5 Å². The van der Waals surface area contributed by atoms with E-state index in [4.69, 9.17) is 11.5 Å². The van der Waals surface area contributed by atoms with E-state index in [1.807, 2.05) is 0 Å². The maximum absolute atomic E-state index is 11.4. The van der Waals surface area contributed by atoms with Crippen molar-refractivity contribution >= 4 is 23.2 Å². The third-order valence-corrected chi connectivity index (χ3v) is 8.96. The first-order valence-electron chi connectivity index (χ1n) is 14.6. The molecule has 2 aromatic rings. The lowest BCUT2D eigenvalue weighted by Gasteiger charge is -2.35. The van der Waals surface area contributed by atoms with Gasteiger partial charge in [0.1, 0.15) is 0 Å². The number of rotatable bonds is 8. The van der Waals surface area contributed by atoms with E-state index >= 15 is 0 Å². The number of carbonyl (C=O) groups excluding carboxylic acids is 2. The Bertz CT molecular complexity index is 1200. The SMILES string of the molecule is NC(=O)c1ccc(N=NN2CN(CN3CN(N=Nc4ccc(C(N)=O)cc4)C4CCCCC43)C3CCCCC32)cc1. The number of benzene rings is 2. The second-order valence-corrected chi connectivity index (χ2v) is 11.5. The van der Waals surface area contributed by atoms with E-state index in [1.54, 1.807) is 48.5 Å². The first kappa shape index (κ1) is 27.3. The number of amides is 2. The molecule has 2 aliphatic carbocycles.